The van der Waals surface area contributed by atoms with Crippen LogP contribution < -0.4 is 5.32 Å². The second kappa shape index (κ2) is 7.23. The Kier molecular flexibility index (Phi) is 7.18. The largest absolute Gasteiger partial charge is 0.316 e. The fourth-order valence-corrected chi connectivity index (χ4v) is 2.52. The number of nitrogens with one attached hydrogen (secondary N) is 1. The molecule has 0 rings (SSSR count). The molecule has 0 aromatic heterocycles. The molecule has 1 N–H and O–H groups in total. The van der Waals surface area contributed by atoms with Crippen LogP contribution in [0, 0.1) is 5.92 Å². The summed E-state index contributed by atoms with van der Waals surface area (Å²) in [5.41, 5.74) is 0. The zero-order valence-corrected chi connectivity index (χ0v) is 11.2. The van der Waals surface area contributed by atoms with E-state index in [9.17, 15) is 8.42 Å². The summed E-state index contributed by atoms with van der Waals surface area (Å²) in [7, 11) is -2.87. The topological polar surface area (TPSA) is 46.2 Å². The third-order valence-electron chi connectivity index (χ3n) is 2.65. The summed E-state index contributed by atoms with van der Waals surface area (Å²) >= 11 is 0. The molecule has 0 amide bonds. The molecule has 0 aliphatic carbocycles. The van der Waals surface area contributed by atoms with Gasteiger partial charge in [0.2, 0.25) is 0 Å². The van der Waals surface area contributed by atoms with E-state index >= 15 is 0 Å². The van der Waals surface area contributed by atoms with E-state index in [0.717, 1.165) is 13.0 Å². The summed E-state index contributed by atoms with van der Waals surface area (Å²) in [5.74, 6) is 0.934. The van der Waals surface area contributed by atoms with Crippen molar-refractivity contribution in [1.82, 2.24) is 5.32 Å². The Morgan fingerprint density at radius 2 is 1.73 bits per heavy atom. The van der Waals surface area contributed by atoms with Crippen molar-refractivity contribution in [2.24, 2.45) is 5.92 Å². The molecule has 0 radical (unpaired) electrons. The van der Waals surface area contributed by atoms with Crippen molar-refractivity contribution in [3.8, 4) is 0 Å². The van der Waals surface area contributed by atoms with Gasteiger partial charge in [-0.25, -0.2) is 8.42 Å². The van der Waals surface area contributed by atoms with Gasteiger partial charge in [0.05, 0.1) is 11.0 Å². The molecule has 4 heteroatoms. The highest BCUT2D eigenvalue weighted by Gasteiger charge is 2.17. The Labute approximate surface area is 94.6 Å². The molecule has 0 aliphatic heterocycles. The van der Waals surface area contributed by atoms with Crippen LogP contribution in [0.2, 0.25) is 0 Å². The Morgan fingerprint density at radius 1 is 1.13 bits per heavy atom. The number of sulfone groups is 1. The molecule has 0 aliphatic rings. The molecule has 92 valence electrons. The standard InChI is InChI=1S/C11H25NO2S/c1-5-11(4)15(13,14)9-8-12-7-6-10(2)3/h10-12H,5-9H2,1-4H3. The molecule has 0 aromatic rings. The first-order valence-electron chi connectivity index (χ1n) is 5.82. The Bertz CT molecular complexity index is 247. The lowest BCUT2D eigenvalue weighted by Gasteiger charge is -2.11. The van der Waals surface area contributed by atoms with Gasteiger partial charge in [0.25, 0.3) is 0 Å². The van der Waals surface area contributed by atoms with Gasteiger partial charge in [0.15, 0.2) is 9.84 Å². The van der Waals surface area contributed by atoms with E-state index in [4.69, 9.17) is 0 Å². The van der Waals surface area contributed by atoms with Crippen molar-refractivity contribution in [1.29, 1.82) is 0 Å². The molecule has 0 heterocycles. The van der Waals surface area contributed by atoms with Gasteiger partial charge in [-0.05, 0) is 32.2 Å². The summed E-state index contributed by atoms with van der Waals surface area (Å²) in [6.07, 6.45) is 1.80. The average molecular weight is 235 g/mol. The number of hydrogen-bond donors (Lipinski definition) is 1. The Balaban J connectivity index is 3.67. The van der Waals surface area contributed by atoms with Gasteiger partial charge in [0.1, 0.15) is 0 Å². The molecule has 0 spiro atoms. The first-order chi connectivity index (χ1) is 6.90. The fraction of sp³-hybridized carbons (Fsp3) is 1.00. The minimum atomic E-state index is -2.87. The fourth-order valence-electron chi connectivity index (χ4n) is 1.19. The van der Waals surface area contributed by atoms with E-state index in [1.807, 2.05) is 6.92 Å². The van der Waals surface area contributed by atoms with Gasteiger partial charge in [0, 0.05) is 6.54 Å². The van der Waals surface area contributed by atoms with Crippen LogP contribution in [0.25, 0.3) is 0 Å². The van der Waals surface area contributed by atoms with Gasteiger partial charge in [-0.1, -0.05) is 20.8 Å². The van der Waals surface area contributed by atoms with Crippen LogP contribution in [0.5, 0.6) is 0 Å². The molecule has 0 saturated heterocycles. The molecule has 1 atom stereocenters. The predicted octanol–water partition coefficient (Wildman–Crippen LogP) is 1.84. The quantitative estimate of drug-likeness (QED) is 0.653. The second-order valence-electron chi connectivity index (χ2n) is 4.52. The molecule has 0 saturated carbocycles. The van der Waals surface area contributed by atoms with Crippen molar-refractivity contribution in [2.45, 2.75) is 45.8 Å². The molecule has 1 unspecified atom stereocenters. The Hall–Kier alpha value is -0.0900. The molecule has 0 fully saturated rings. The minimum absolute atomic E-state index is 0.204. The normalized spacial score (nSPS) is 14.5. The van der Waals surface area contributed by atoms with Crippen LogP contribution in [0.3, 0.4) is 0 Å². The molecule has 15 heavy (non-hydrogen) atoms. The van der Waals surface area contributed by atoms with Crippen LogP contribution in [0.4, 0.5) is 0 Å². The van der Waals surface area contributed by atoms with Crippen LogP contribution in [0.1, 0.15) is 40.5 Å². The highest BCUT2D eigenvalue weighted by molar-refractivity contribution is 7.92. The lowest BCUT2D eigenvalue weighted by atomic mass is 10.1. The molecular weight excluding hydrogens is 210 g/mol. The summed E-state index contributed by atoms with van der Waals surface area (Å²) in [6, 6.07) is 0. The first kappa shape index (κ1) is 14.9. The zero-order chi connectivity index (χ0) is 11.9. The minimum Gasteiger partial charge on any atom is -0.316 e. The van der Waals surface area contributed by atoms with Crippen molar-refractivity contribution >= 4 is 9.84 Å². The maximum absolute atomic E-state index is 11.6. The highest BCUT2D eigenvalue weighted by atomic mass is 32.2. The van der Waals surface area contributed by atoms with Gasteiger partial charge in [-0.2, -0.15) is 0 Å². The Morgan fingerprint density at radius 3 is 2.20 bits per heavy atom. The highest BCUT2D eigenvalue weighted by Crippen LogP contribution is 2.05. The van der Waals surface area contributed by atoms with E-state index in [1.54, 1.807) is 6.92 Å². The third-order valence-corrected chi connectivity index (χ3v) is 4.98. The van der Waals surface area contributed by atoms with Gasteiger partial charge < -0.3 is 5.32 Å². The van der Waals surface area contributed by atoms with E-state index in [1.165, 1.54) is 0 Å². The summed E-state index contributed by atoms with van der Waals surface area (Å²) in [5, 5.41) is 2.97. The van der Waals surface area contributed by atoms with Crippen LogP contribution >= 0.6 is 0 Å². The maximum atomic E-state index is 11.6. The van der Waals surface area contributed by atoms with E-state index < -0.39 is 9.84 Å². The van der Waals surface area contributed by atoms with Crippen molar-refractivity contribution < 1.29 is 8.42 Å². The molecule has 0 bridgehead atoms. The molecule has 0 aromatic carbocycles. The SMILES string of the molecule is CCC(C)S(=O)(=O)CCNCCC(C)C. The maximum Gasteiger partial charge on any atom is 0.154 e. The summed E-state index contributed by atoms with van der Waals surface area (Å²) in [6.45, 7) is 9.51. The zero-order valence-electron chi connectivity index (χ0n) is 10.4. The smallest absolute Gasteiger partial charge is 0.154 e. The van der Waals surface area contributed by atoms with Gasteiger partial charge in [-0.15, -0.1) is 0 Å². The van der Waals surface area contributed by atoms with Gasteiger partial charge in [-0.3, -0.25) is 0 Å². The second-order valence-corrected chi connectivity index (χ2v) is 7.06. The van der Waals surface area contributed by atoms with Crippen molar-refractivity contribution in [3.63, 3.8) is 0 Å². The first-order valence-corrected chi connectivity index (χ1v) is 7.54. The number of rotatable bonds is 8. The van der Waals surface area contributed by atoms with Crippen LogP contribution in [-0.4, -0.2) is 32.5 Å². The van der Waals surface area contributed by atoms with Crippen LogP contribution in [0.15, 0.2) is 0 Å². The van der Waals surface area contributed by atoms with Crippen molar-refractivity contribution in [3.05, 3.63) is 0 Å². The lowest BCUT2D eigenvalue weighted by Crippen LogP contribution is -2.29. The summed E-state index contributed by atoms with van der Waals surface area (Å²) in [4.78, 5) is 0. The monoisotopic (exact) mass is 235 g/mol. The lowest BCUT2D eigenvalue weighted by molar-refractivity contribution is 0.541. The van der Waals surface area contributed by atoms with Gasteiger partial charge >= 0.3 is 0 Å². The molecular formula is C11H25NO2S. The van der Waals surface area contributed by atoms with E-state index in [2.05, 4.69) is 19.2 Å². The van der Waals surface area contributed by atoms with E-state index in [-0.39, 0.29) is 11.0 Å². The van der Waals surface area contributed by atoms with Crippen molar-refractivity contribution in [2.75, 3.05) is 18.8 Å². The summed E-state index contributed by atoms with van der Waals surface area (Å²) < 4.78 is 23.2. The average Bonchev–Trinajstić information content (AvgIpc) is 2.15. The predicted molar refractivity (Wildman–Crippen MR) is 65.9 cm³/mol. The van der Waals surface area contributed by atoms with Crippen LogP contribution in [-0.2, 0) is 9.84 Å². The third kappa shape index (κ3) is 6.90. The van der Waals surface area contributed by atoms with E-state index in [0.29, 0.717) is 18.9 Å². The number of hydrogen-bond acceptors (Lipinski definition) is 3. The molecule has 3 nitrogen and oxygen atoms in total.